The Labute approximate surface area is 195 Å². The number of benzene rings is 2. The Kier molecular flexibility index (Phi) is 6.77. The molecule has 0 aliphatic rings. The summed E-state index contributed by atoms with van der Waals surface area (Å²) in [5.41, 5.74) is 2.09. The third-order valence-electron chi connectivity index (χ3n) is 4.44. The van der Waals surface area contributed by atoms with Gasteiger partial charge in [-0.2, -0.15) is 0 Å². The van der Waals surface area contributed by atoms with Crippen LogP contribution in [-0.4, -0.2) is 16.9 Å². The van der Waals surface area contributed by atoms with E-state index in [9.17, 15) is 9.59 Å². The van der Waals surface area contributed by atoms with Crippen LogP contribution in [0.3, 0.4) is 0 Å². The largest absolute Gasteiger partial charge is 0.459 e. The molecule has 0 fully saturated rings. The molecular formula is C25H19N3O4S. The molecule has 2 amide bonds. The zero-order valence-corrected chi connectivity index (χ0v) is 18.1. The van der Waals surface area contributed by atoms with Crippen LogP contribution < -0.4 is 16.0 Å². The fraction of sp³-hybridized carbons (Fsp3) is 0. The number of thiocarbonyl (C=S) groups is 1. The lowest BCUT2D eigenvalue weighted by molar-refractivity contribution is -0.115. The second kappa shape index (κ2) is 10.3. The Morgan fingerprint density at radius 3 is 2.39 bits per heavy atom. The van der Waals surface area contributed by atoms with Crippen LogP contribution in [-0.2, 0) is 4.79 Å². The van der Waals surface area contributed by atoms with Crippen LogP contribution in [0.5, 0.6) is 0 Å². The van der Waals surface area contributed by atoms with Crippen molar-refractivity contribution in [1.82, 2.24) is 5.32 Å². The van der Waals surface area contributed by atoms with Gasteiger partial charge in [0.2, 0.25) is 5.91 Å². The van der Waals surface area contributed by atoms with Crippen molar-refractivity contribution in [3.05, 3.63) is 103 Å². The molecule has 0 aliphatic heterocycles. The molecular weight excluding hydrogens is 438 g/mol. The van der Waals surface area contributed by atoms with Gasteiger partial charge in [-0.1, -0.05) is 36.4 Å². The van der Waals surface area contributed by atoms with Gasteiger partial charge in [-0.25, -0.2) is 0 Å². The van der Waals surface area contributed by atoms with Gasteiger partial charge >= 0.3 is 0 Å². The number of amides is 2. The number of anilines is 2. The first-order chi connectivity index (χ1) is 16.1. The average Bonchev–Trinajstić information content (AvgIpc) is 3.51. The summed E-state index contributed by atoms with van der Waals surface area (Å²) in [4.78, 5) is 24.3. The van der Waals surface area contributed by atoms with E-state index in [1.807, 2.05) is 36.4 Å². The van der Waals surface area contributed by atoms with Crippen molar-refractivity contribution in [3.8, 4) is 11.3 Å². The maximum Gasteiger partial charge on any atom is 0.291 e. The van der Waals surface area contributed by atoms with Crippen LogP contribution >= 0.6 is 12.2 Å². The first-order valence-corrected chi connectivity index (χ1v) is 10.4. The number of carbonyl (C=O) groups excluding carboxylic acids is 2. The normalized spacial score (nSPS) is 10.7. The fourth-order valence-corrected chi connectivity index (χ4v) is 3.17. The van der Waals surface area contributed by atoms with E-state index in [0.717, 1.165) is 5.56 Å². The highest BCUT2D eigenvalue weighted by Gasteiger charge is 2.09. The number of furan rings is 2. The number of hydrogen-bond acceptors (Lipinski definition) is 5. The second-order valence-corrected chi connectivity index (χ2v) is 7.27. The van der Waals surface area contributed by atoms with Crippen molar-refractivity contribution >= 4 is 46.6 Å². The molecule has 3 N–H and O–H groups in total. The van der Waals surface area contributed by atoms with Crippen molar-refractivity contribution < 1.29 is 18.4 Å². The molecule has 2 aromatic carbocycles. The van der Waals surface area contributed by atoms with E-state index in [4.69, 9.17) is 21.1 Å². The molecule has 0 unspecified atom stereocenters. The molecule has 2 heterocycles. The molecule has 4 rings (SSSR count). The van der Waals surface area contributed by atoms with Gasteiger partial charge in [0.05, 0.1) is 6.26 Å². The molecule has 8 heteroatoms. The molecule has 7 nitrogen and oxygen atoms in total. The third-order valence-corrected chi connectivity index (χ3v) is 4.65. The molecule has 0 spiro atoms. The Morgan fingerprint density at radius 1 is 0.848 bits per heavy atom. The van der Waals surface area contributed by atoms with Crippen LogP contribution in [0, 0.1) is 0 Å². The summed E-state index contributed by atoms with van der Waals surface area (Å²) in [6.07, 6.45) is 4.33. The van der Waals surface area contributed by atoms with E-state index < -0.39 is 5.91 Å². The van der Waals surface area contributed by atoms with Crippen LogP contribution in [0.1, 0.15) is 16.3 Å². The summed E-state index contributed by atoms with van der Waals surface area (Å²) < 4.78 is 10.8. The number of carbonyl (C=O) groups is 2. The molecule has 33 heavy (non-hydrogen) atoms. The van der Waals surface area contributed by atoms with Gasteiger partial charge in [0.15, 0.2) is 10.9 Å². The SMILES string of the molecule is O=C(/C=C/c1ccc(-c2ccccc2)o1)NC(=S)Nc1cccc(NC(=O)c2ccco2)c1. The Balaban J connectivity index is 1.30. The number of nitrogens with one attached hydrogen (secondary N) is 3. The monoisotopic (exact) mass is 457 g/mol. The van der Waals surface area contributed by atoms with Crippen molar-refractivity contribution in [2.24, 2.45) is 0 Å². The van der Waals surface area contributed by atoms with Crippen LogP contribution in [0.2, 0.25) is 0 Å². The summed E-state index contributed by atoms with van der Waals surface area (Å²) in [5.74, 6) is 0.684. The van der Waals surface area contributed by atoms with Crippen LogP contribution in [0.15, 0.2) is 100 Å². The molecule has 0 bridgehead atoms. The minimum atomic E-state index is -0.410. The summed E-state index contributed by atoms with van der Waals surface area (Å²) in [7, 11) is 0. The minimum Gasteiger partial charge on any atom is -0.459 e. The predicted octanol–water partition coefficient (Wildman–Crippen LogP) is 5.32. The molecule has 0 radical (unpaired) electrons. The first-order valence-electron chi connectivity index (χ1n) is 9.97. The molecule has 164 valence electrons. The van der Waals surface area contributed by atoms with Gasteiger partial charge in [0.25, 0.3) is 5.91 Å². The zero-order chi connectivity index (χ0) is 23.0. The van der Waals surface area contributed by atoms with Crippen LogP contribution in [0.4, 0.5) is 11.4 Å². The Hall–Kier alpha value is -4.43. The molecule has 0 atom stereocenters. The second-order valence-electron chi connectivity index (χ2n) is 6.86. The van der Waals surface area contributed by atoms with E-state index in [1.165, 1.54) is 12.3 Å². The molecule has 4 aromatic rings. The number of rotatable bonds is 6. The third kappa shape index (κ3) is 6.05. The maximum atomic E-state index is 12.2. The molecule has 0 saturated carbocycles. The van der Waals surface area contributed by atoms with E-state index in [1.54, 1.807) is 48.5 Å². The van der Waals surface area contributed by atoms with Crippen LogP contribution in [0.25, 0.3) is 17.4 Å². The van der Waals surface area contributed by atoms with Crippen molar-refractivity contribution in [2.45, 2.75) is 0 Å². The highest BCUT2D eigenvalue weighted by molar-refractivity contribution is 7.80. The van der Waals surface area contributed by atoms with Gasteiger partial charge in [0.1, 0.15) is 11.5 Å². The standard InChI is InChI=1S/C25H19N3O4S/c29-23(14-12-20-11-13-21(32-20)17-6-2-1-3-7-17)28-25(33)27-19-9-4-8-18(16-19)26-24(30)22-10-5-15-31-22/h1-16H,(H,26,30)(H2,27,28,29,33)/b14-12+. The molecule has 0 saturated heterocycles. The molecule has 2 aromatic heterocycles. The lowest BCUT2D eigenvalue weighted by Crippen LogP contribution is -2.32. The zero-order valence-electron chi connectivity index (χ0n) is 17.3. The van der Waals surface area contributed by atoms with E-state index >= 15 is 0 Å². The Morgan fingerprint density at radius 2 is 1.64 bits per heavy atom. The Bertz CT molecular complexity index is 1290. The van der Waals surface area contributed by atoms with E-state index in [2.05, 4.69) is 16.0 Å². The summed E-state index contributed by atoms with van der Waals surface area (Å²) >= 11 is 5.20. The van der Waals surface area contributed by atoms with E-state index in [0.29, 0.717) is 22.9 Å². The highest BCUT2D eigenvalue weighted by atomic mass is 32.1. The average molecular weight is 458 g/mol. The maximum absolute atomic E-state index is 12.2. The smallest absolute Gasteiger partial charge is 0.291 e. The van der Waals surface area contributed by atoms with Gasteiger partial charge < -0.3 is 19.5 Å². The van der Waals surface area contributed by atoms with Gasteiger partial charge in [-0.15, -0.1) is 0 Å². The minimum absolute atomic E-state index is 0.114. The molecule has 0 aliphatic carbocycles. The highest BCUT2D eigenvalue weighted by Crippen LogP contribution is 2.22. The van der Waals surface area contributed by atoms with Gasteiger partial charge in [0, 0.05) is 23.0 Å². The lowest BCUT2D eigenvalue weighted by Gasteiger charge is -2.10. The fourth-order valence-electron chi connectivity index (χ4n) is 2.95. The summed E-state index contributed by atoms with van der Waals surface area (Å²) in [6.45, 7) is 0. The topological polar surface area (TPSA) is 96.5 Å². The number of hydrogen-bond donors (Lipinski definition) is 3. The van der Waals surface area contributed by atoms with Gasteiger partial charge in [-0.3, -0.25) is 14.9 Å². The van der Waals surface area contributed by atoms with Crippen molar-refractivity contribution in [1.29, 1.82) is 0 Å². The van der Waals surface area contributed by atoms with E-state index in [-0.39, 0.29) is 16.8 Å². The quantitative estimate of drug-likeness (QED) is 0.268. The predicted molar refractivity (Wildman–Crippen MR) is 131 cm³/mol. The summed E-state index contributed by atoms with van der Waals surface area (Å²) in [6, 6.07) is 23.4. The van der Waals surface area contributed by atoms with Crippen molar-refractivity contribution in [2.75, 3.05) is 10.6 Å². The summed E-state index contributed by atoms with van der Waals surface area (Å²) in [5, 5.41) is 8.32. The lowest BCUT2D eigenvalue weighted by atomic mass is 10.2. The first kappa shape index (κ1) is 21.8. The van der Waals surface area contributed by atoms with Crippen molar-refractivity contribution in [3.63, 3.8) is 0 Å². The van der Waals surface area contributed by atoms with Gasteiger partial charge in [-0.05, 0) is 60.8 Å².